The summed E-state index contributed by atoms with van der Waals surface area (Å²) in [4.78, 5) is 18.1. The van der Waals surface area contributed by atoms with Gasteiger partial charge < -0.3 is 9.47 Å². The molecule has 1 N–H and O–H groups in total. The van der Waals surface area contributed by atoms with Crippen LogP contribution in [0.25, 0.3) is 11.3 Å². The first-order valence-corrected chi connectivity index (χ1v) is 11.4. The number of halogens is 1. The van der Waals surface area contributed by atoms with E-state index in [1.165, 1.54) is 35.6 Å². The summed E-state index contributed by atoms with van der Waals surface area (Å²) >= 11 is 1.52. The maximum absolute atomic E-state index is 13.1. The van der Waals surface area contributed by atoms with Gasteiger partial charge in [-0.3, -0.25) is 5.43 Å². The molecular weight excluding hydrogens is 453 g/mol. The van der Waals surface area contributed by atoms with E-state index in [1.54, 1.807) is 24.4 Å². The molecule has 0 fully saturated rings. The molecule has 0 amide bonds. The number of thiazole rings is 1. The highest BCUT2D eigenvalue weighted by molar-refractivity contribution is 7.15. The van der Waals surface area contributed by atoms with Crippen LogP contribution in [0.1, 0.15) is 27.7 Å². The lowest BCUT2D eigenvalue weighted by molar-refractivity contribution is 0.0728. The number of hydrazone groups is 1. The van der Waals surface area contributed by atoms with Crippen LogP contribution in [-0.2, 0) is 0 Å². The first kappa shape index (κ1) is 23.1. The molecule has 34 heavy (non-hydrogen) atoms. The number of nitrogens with one attached hydrogen (secondary N) is 1. The van der Waals surface area contributed by atoms with Crippen molar-refractivity contribution in [1.82, 2.24) is 4.98 Å². The third-order valence-electron chi connectivity index (χ3n) is 4.77. The van der Waals surface area contributed by atoms with Crippen LogP contribution in [-0.4, -0.2) is 23.8 Å². The summed E-state index contributed by atoms with van der Waals surface area (Å²) in [6.45, 7) is 4.25. The predicted octanol–water partition coefficient (Wildman–Crippen LogP) is 6.32. The molecule has 1 heterocycles. The molecule has 0 aliphatic carbocycles. The normalized spacial score (nSPS) is 10.9. The molecule has 8 heteroatoms. The Balaban J connectivity index is 1.46. The predicted molar refractivity (Wildman–Crippen MR) is 132 cm³/mol. The number of rotatable bonds is 8. The van der Waals surface area contributed by atoms with Crippen LogP contribution in [0.15, 0.2) is 77.9 Å². The largest absolute Gasteiger partial charge is 0.490 e. The van der Waals surface area contributed by atoms with E-state index in [0.717, 1.165) is 21.7 Å². The number of carbonyl (C=O) groups is 1. The van der Waals surface area contributed by atoms with Gasteiger partial charge in [0.25, 0.3) is 0 Å². The van der Waals surface area contributed by atoms with Crippen molar-refractivity contribution >= 4 is 28.7 Å². The van der Waals surface area contributed by atoms with Crippen molar-refractivity contribution in [3.8, 4) is 22.8 Å². The maximum Gasteiger partial charge on any atom is 0.343 e. The molecule has 0 radical (unpaired) electrons. The fourth-order valence-corrected chi connectivity index (χ4v) is 3.96. The minimum absolute atomic E-state index is 0.243. The van der Waals surface area contributed by atoms with Crippen molar-refractivity contribution in [3.63, 3.8) is 0 Å². The lowest BCUT2D eigenvalue weighted by Crippen LogP contribution is -2.10. The number of anilines is 1. The quantitative estimate of drug-likeness (QED) is 0.140. The number of carbonyl (C=O) groups excluding carboxylic acids is 1. The molecule has 0 atom stereocenters. The number of benzene rings is 3. The van der Waals surface area contributed by atoms with Crippen LogP contribution in [0, 0.1) is 12.7 Å². The minimum Gasteiger partial charge on any atom is -0.490 e. The summed E-state index contributed by atoms with van der Waals surface area (Å²) in [5.41, 5.74) is 5.94. The van der Waals surface area contributed by atoms with Crippen LogP contribution < -0.4 is 14.9 Å². The van der Waals surface area contributed by atoms with Crippen molar-refractivity contribution in [1.29, 1.82) is 0 Å². The van der Waals surface area contributed by atoms with Crippen molar-refractivity contribution in [2.45, 2.75) is 13.8 Å². The number of nitrogens with zero attached hydrogens (tertiary/aromatic N) is 2. The highest BCUT2D eigenvalue weighted by Gasteiger charge is 2.14. The van der Waals surface area contributed by atoms with Crippen LogP contribution in [0.5, 0.6) is 11.5 Å². The Morgan fingerprint density at radius 2 is 1.85 bits per heavy atom. The van der Waals surface area contributed by atoms with E-state index in [2.05, 4.69) is 15.5 Å². The van der Waals surface area contributed by atoms with E-state index < -0.39 is 11.8 Å². The highest BCUT2D eigenvalue weighted by atomic mass is 32.1. The summed E-state index contributed by atoms with van der Waals surface area (Å²) in [5, 5.41) is 4.96. The van der Waals surface area contributed by atoms with Crippen LogP contribution in [0.3, 0.4) is 0 Å². The Hall–Kier alpha value is -4.04. The van der Waals surface area contributed by atoms with Crippen molar-refractivity contribution < 1.29 is 18.7 Å². The summed E-state index contributed by atoms with van der Waals surface area (Å²) in [6.07, 6.45) is 1.63. The van der Waals surface area contributed by atoms with E-state index in [0.29, 0.717) is 17.5 Å². The SMILES string of the molecule is CCOc1cc(/C=N\Nc2nc(-c3ccccc3)c(C)s2)ccc1OC(=O)c1ccc(F)cc1. The lowest BCUT2D eigenvalue weighted by Gasteiger charge is -2.11. The van der Waals surface area contributed by atoms with Gasteiger partial charge in [0.15, 0.2) is 11.5 Å². The molecule has 172 valence electrons. The van der Waals surface area contributed by atoms with Crippen molar-refractivity contribution in [3.05, 3.63) is 94.6 Å². The minimum atomic E-state index is -0.600. The Bertz CT molecular complexity index is 1300. The van der Waals surface area contributed by atoms with Crippen LogP contribution in [0.2, 0.25) is 0 Å². The molecular formula is C26H22FN3O3S. The zero-order valence-electron chi connectivity index (χ0n) is 18.6. The van der Waals surface area contributed by atoms with Gasteiger partial charge in [0.2, 0.25) is 5.13 Å². The number of hydrogen-bond donors (Lipinski definition) is 1. The zero-order chi connectivity index (χ0) is 23.9. The average molecular weight is 476 g/mol. The van der Waals surface area contributed by atoms with Gasteiger partial charge >= 0.3 is 5.97 Å². The molecule has 0 saturated heterocycles. The Morgan fingerprint density at radius 3 is 2.59 bits per heavy atom. The van der Waals surface area contributed by atoms with E-state index in [-0.39, 0.29) is 11.3 Å². The molecule has 0 spiro atoms. The van der Waals surface area contributed by atoms with Crippen LogP contribution >= 0.6 is 11.3 Å². The maximum atomic E-state index is 13.1. The van der Waals surface area contributed by atoms with Gasteiger partial charge in [0.05, 0.1) is 24.1 Å². The van der Waals surface area contributed by atoms with Crippen molar-refractivity contribution in [2.75, 3.05) is 12.0 Å². The molecule has 0 saturated carbocycles. The fourth-order valence-electron chi connectivity index (χ4n) is 3.17. The lowest BCUT2D eigenvalue weighted by atomic mass is 10.1. The van der Waals surface area contributed by atoms with Gasteiger partial charge in [-0.05, 0) is 61.9 Å². The molecule has 3 aromatic carbocycles. The van der Waals surface area contributed by atoms with Gasteiger partial charge in [0, 0.05) is 10.4 Å². The van der Waals surface area contributed by atoms with Gasteiger partial charge in [-0.2, -0.15) is 5.10 Å². The molecule has 0 aliphatic heterocycles. The van der Waals surface area contributed by atoms with E-state index in [4.69, 9.17) is 9.47 Å². The average Bonchev–Trinajstić information content (AvgIpc) is 3.22. The second kappa shape index (κ2) is 10.7. The monoisotopic (exact) mass is 475 g/mol. The number of esters is 1. The molecule has 0 aliphatic rings. The number of aromatic nitrogens is 1. The Labute approximate surface area is 200 Å². The van der Waals surface area contributed by atoms with E-state index in [9.17, 15) is 9.18 Å². The third-order valence-corrected chi connectivity index (χ3v) is 5.64. The highest BCUT2D eigenvalue weighted by Crippen LogP contribution is 2.31. The molecule has 1 aromatic heterocycles. The topological polar surface area (TPSA) is 72.8 Å². The molecule has 6 nitrogen and oxygen atoms in total. The molecule has 4 aromatic rings. The molecule has 0 unspecified atom stereocenters. The number of aryl methyl sites for hydroxylation is 1. The van der Waals surface area contributed by atoms with Gasteiger partial charge in [-0.25, -0.2) is 14.2 Å². The first-order valence-electron chi connectivity index (χ1n) is 10.6. The number of hydrogen-bond acceptors (Lipinski definition) is 7. The van der Waals surface area contributed by atoms with Crippen LogP contribution in [0.4, 0.5) is 9.52 Å². The smallest absolute Gasteiger partial charge is 0.343 e. The summed E-state index contributed by atoms with van der Waals surface area (Å²) < 4.78 is 24.2. The summed E-state index contributed by atoms with van der Waals surface area (Å²) in [7, 11) is 0. The van der Waals surface area contributed by atoms with Gasteiger partial charge in [-0.15, -0.1) is 11.3 Å². The standard InChI is InChI=1S/C26H22FN3O3S/c1-3-32-23-15-18(9-14-22(23)33-25(31)20-10-12-21(27)13-11-20)16-28-30-26-29-24(17(2)34-26)19-7-5-4-6-8-19/h4-16H,3H2,1-2H3,(H,29,30)/b28-16-. The zero-order valence-corrected chi connectivity index (χ0v) is 19.4. The summed E-state index contributed by atoms with van der Waals surface area (Å²) in [5.74, 6) is -0.354. The Morgan fingerprint density at radius 1 is 1.09 bits per heavy atom. The van der Waals surface area contributed by atoms with E-state index >= 15 is 0 Å². The second-order valence-corrected chi connectivity index (χ2v) is 8.40. The second-order valence-electron chi connectivity index (χ2n) is 7.20. The van der Waals surface area contributed by atoms with E-state index in [1.807, 2.05) is 44.2 Å². The fraction of sp³-hybridized carbons (Fsp3) is 0.115. The van der Waals surface area contributed by atoms with Gasteiger partial charge in [0.1, 0.15) is 5.82 Å². The molecule has 0 bridgehead atoms. The third kappa shape index (κ3) is 5.65. The number of ether oxygens (including phenoxy) is 2. The summed E-state index contributed by atoms with van der Waals surface area (Å²) in [6, 6.07) is 20.2. The molecule has 4 rings (SSSR count). The Kier molecular flexibility index (Phi) is 7.29. The first-order chi connectivity index (χ1) is 16.5. The van der Waals surface area contributed by atoms with Gasteiger partial charge in [-0.1, -0.05) is 30.3 Å². The van der Waals surface area contributed by atoms with Crippen molar-refractivity contribution in [2.24, 2.45) is 5.10 Å².